The van der Waals surface area contributed by atoms with E-state index in [1.807, 2.05) is 26.0 Å². The van der Waals surface area contributed by atoms with Gasteiger partial charge in [-0.1, -0.05) is 34.1 Å². The number of nitrogens with zero attached hydrogens (tertiary/aromatic N) is 5. The van der Waals surface area contributed by atoms with E-state index in [2.05, 4.69) is 70.1 Å². The predicted molar refractivity (Wildman–Crippen MR) is 163 cm³/mol. The second kappa shape index (κ2) is 16.1. The average Bonchev–Trinajstić information content (AvgIpc) is 3.25. The topological polar surface area (TPSA) is 90.9 Å². The molecule has 1 fully saturated rings. The van der Waals surface area contributed by atoms with E-state index in [1.165, 1.54) is 16.6 Å². The number of H-pyrrole nitrogens is 1. The van der Waals surface area contributed by atoms with Crippen LogP contribution in [0.15, 0.2) is 29.4 Å². The first-order chi connectivity index (χ1) is 19.1. The fourth-order valence-corrected chi connectivity index (χ4v) is 4.48. The molecule has 2 aromatic heterocycles. The molecule has 0 aliphatic carbocycles. The number of aromatic amines is 1. The van der Waals surface area contributed by atoms with Crippen LogP contribution < -0.4 is 15.1 Å². The van der Waals surface area contributed by atoms with Gasteiger partial charge in [0.05, 0.1) is 25.1 Å². The average molecular weight is 538 g/mol. The van der Waals surface area contributed by atoms with Crippen LogP contribution in [0.4, 0.5) is 11.5 Å². The SMILES string of the molecule is CC.CCCCN(CCC)c1cc(OCCN2CCOCC2)nc(/C=N/Nc2ccc3[nH]c(C)c(C)c3c2)n1. The molecule has 0 amide bonds. The lowest BCUT2D eigenvalue weighted by molar-refractivity contribution is 0.0320. The first-order valence-electron chi connectivity index (χ1n) is 14.5. The summed E-state index contributed by atoms with van der Waals surface area (Å²) in [5.74, 6) is 1.99. The number of aryl methyl sites for hydroxylation is 2. The third-order valence-electron chi connectivity index (χ3n) is 6.75. The minimum Gasteiger partial charge on any atom is -0.476 e. The summed E-state index contributed by atoms with van der Waals surface area (Å²) in [7, 11) is 0. The van der Waals surface area contributed by atoms with Crippen LogP contribution in [0.5, 0.6) is 5.88 Å². The van der Waals surface area contributed by atoms with Crippen molar-refractivity contribution in [2.45, 2.75) is 60.8 Å². The summed E-state index contributed by atoms with van der Waals surface area (Å²) in [5.41, 5.74) is 7.61. The Morgan fingerprint density at radius 2 is 1.90 bits per heavy atom. The fraction of sp³-hybridized carbons (Fsp3) is 0.567. The summed E-state index contributed by atoms with van der Waals surface area (Å²) in [5, 5.41) is 5.64. The number of unbranched alkanes of at least 4 members (excludes halogenated alkanes) is 1. The van der Waals surface area contributed by atoms with Gasteiger partial charge in [0.1, 0.15) is 12.4 Å². The lowest BCUT2D eigenvalue weighted by atomic mass is 10.1. The maximum absolute atomic E-state index is 6.11. The second-order valence-electron chi connectivity index (χ2n) is 9.57. The van der Waals surface area contributed by atoms with Crippen molar-refractivity contribution in [2.24, 2.45) is 5.10 Å². The van der Waals surface area contributed by atoms with E-state index < -0.39 is 0 Å². The quantitative estimate of drug-likeness (QED) is 0.211. The van der Waals surface area contributed by atoms with Gasteiger partial charge >= 0.3 is 0 Å². The Bertz CT molecular complexity index is 1170. The highest BCUT2D eigenvalue weighted by Crippen LogP contribution is 2.24. The largest absolute Gasteiger partial charge is 0.476 e. The van der Waals surface area contributed by atoms with Gasteiger partial charge in [-0.15, -0.1) is 0 Å². The zero-order chi connectivity index (χ0) is 28.0. The van der Waals surface area contributed by atoms with Crippen molar-refractivity contribution >= 4 is 28.6 Å². The number of ether oxygens (including phenoxy) is 2. The van der Waals surface area contributed by atoms with Gasteiger partial charge in [0, 0.05) is 55.4 Å². The van der Waals surface area contributed by atoms with Crippen molar-refractivity contribution in [1.29, 1.82) is 0 Å². The number of rotatable bonds is 13. The number of benzene rings is 1. The van der Waals surface area contributed by atoms with E-state index in [1.54, 1.807) is 6.21 Å². The number of aromatic nitrogens is 3. The summed E-state index contributed by atoms with van der Waals surface area (Å²) in [6, 6.07) is 8.15. The van der Waals surface area contributed by atoms with E-state index in [-0.39, 0.29) is 0 Å². The predicted octanol–water partition coefficient (Wildman–Crippen LogP) is 5.77. The molecule has 0 atom stereocenters. The molecule has 9 heteroatoms. The molecule has 0 spiro atoms. The number of hydrogen-bond donors (Lipinski definition) is 2. The van der Waals surface area contributed by atoms with Gasteiger partial charge in [0.15, 0.2) is 5.82 Å². The van der Waals surface area contributed by atoms with Crippen LogP contribution in [0.3, 0.4) is 0 Å². The highest BCUT2D eigenvalue weighted by molar-refractivity contribution is 5.87. The van der Waals surface area contributed by atoms with Crippen LogP contribution in [0.25, 0.3) is 10.9 Å². The number of anilines is 2. The van der Waals surface area contributed by atoms with E-state index in [9.17, 15) is 0 Å². The molecule has 1 saturated heterocycles. The molecule has 39 heavy (non-hydrogen) atoms. The first kappa shape index (κ1) is 30.4. The third kappa shape index (κ3) is 8.93. The molecule has 0 saturated carbocycles. The number of hydrogen-bond acceptors (Lipinski definition) is 8. The fourth-order valence-electron chi connectivity index (χ4n) is 4.48. The van der Waals surface area contributed by atoms with Crippen LogP contribution >= 0.6 is 0 Å². The lowest BCUT2D eigenvalue weighted by Crippen LogP contribution is -2.38. The molecule has 2 N–H and O–H groups in total. The van der Waals surface area contributed by atoms with Crippen molar-refractivity contribution in [2.75, 3.05) is 62.9 Å². The maximum Gasteiger partial charge on any atom is 0.219 e. The molecule has 3 heterocycles. The summed E-state index contributed by atoms with van der Waals surface area (Å²) >= 11 is 0. The molecule has 0 radical (unpaired) electrons. The summed E-state index contributed by atoms with van der Waals surface area (Å²) in [4.78, 5) is 17.5. The Morgan fingerprint density at radius 1 is 1.10 bits per heavy atom. The second-order valence-corrected chi connectivity index (χ2v) is 9.57. The van der Waals surface area contributed by atoms with Gasteiger partial charge < -0.3 is 19.4 Å². The van der Waals surface area contributed by atoms with Crippen molar-refractivity contribution in [3.63, 3.8) is 0 Å². The molecule has 0 unspecified atom stereocenters. The molecule has 1 aromatic carbocycles. The van der Waals surface area contributed by atoms with Crippen molar-refractivity contribution < 1.29 is 9.47 Å². The summed E-state index contributed by atoms with van der Waals surface area (Å²) < 4.78 is 11.5. The minimum absolute atomic E-state index is 0.527. The highest BCUT2D eigenvalue weighted by Gasteiger charge is 2.14. The van der Waals surface area contributed by atoms with Gasteiger partial charge in [-0.05, 0) is 50.5 Å². The van der Waals surface area contributed by atoms with E-state index in [0.29, 0.717) is 18.3 Å². The Kier molecular flexibility index (Phi) is 12.5. The molecule has 0 bridgehead atoms. The number of fused-ring (bicyclic) bond motifs is 1. The normalized spacial score (nSPS) is 13.9. The minimum atomic E-state index is 0.527. The maximum atomic E-state index is 6.11. The smallest absolute Gasteiger partial charge is 0.219 e. The van der Waals surface area contributed by atoms with Crippen molar-refractivity contribution in [1.82, 2.24) is 19.9 Å². The van der Waals surface area contributed by atoms with Crippen LogP contribution in [0.2, 0.25) is 0 Å². The molecule has 214 valence electrons. The molecular formula is C30H47N7O2. The lowest BCUT2D eigenvalue weighted by Gasteiger charge is -2.26. The summed E-state index contributed by atoms with van der Waals surface area (Å²) in [6.07, 6.45) is 4.97. The van der Waals surface area contributed by atoms with Gasteiger partial charge in [-0.3, -0.25) is 10.3 Å². The Balaban J connectivity index is 0.00000205. The van der Waals surface area contributed by atoms with E-state index in [0.717, 1.165) is 82.2 Å². The van der Waals surface area contributed by atoms with Crippen LogP contribution in [-0.4, -0.2) is 78.6 Å². The highest BCUT2D eigenvalue weighted by atomic mass is 16.5. The van der Waals surface area contributed by atoms with Gasteiger partial charge in [-0.25, -0.2) is 4.98 Å². The number of morpholine rings is 1. The van der Waals surface area contributed by atoms with Crippen molar-refractivity contribution in [3.8, 4) is 5.88 Å². The molecule has 9 nitrogen and oxygen atoms in total. The first-order valence-corrected chi connectivity index (χ1v) is 14.5. The zero-order valence-electron chi connectivity index (χ0n) is 24.7. The molecule has 3 aromatic rings. The number of nitrogens with one attached hydrogen (secondary N) is 2. The van der Waals surface area contributed by atoms with Gasteiger partial charge in [-0.2, -0.15) is 10.1 Å². The Labute approximate surface area is 234 Å². The van der Waals surface area contributed by atoms with E-state index >= 15 is 0 Å². The van der Waals surface area contributed by atoms with Crippen molar-refractivity contribution in [3.05, 3.63) is 41.3 Å². The van der Waals surface area contributed by atoms with Crippen LogP contribution in [-0.2, 0) is 4.74 Å². The molecular weight excluding hydrogens is 490 g/mol. The van der Waals surface area contributed by atoms with Crippen LogP contribution in [0, 0.1) is 13.8 Å². The van der Waals surface area contributed by atoms with E-state index in [4.69, 9.17) is 14.5 Å². The number of hydrazone groups is 1. The monoisotopic (exact) mass is 537 g/mol. The standard InChI is InChI=1S/C28H41N7O2.C2H6/c1-5-7-11-35(10-6-2)27-19-28(37-17-14-34-12-15-36-16-13-34)32-26(31-27)20-29-33-23-8-9-25-24(18-23)21(3)22(4)30-25;1-2/h8-9,18-20,30,33H,5-7,10-17H2,1-4H3;1-2H3/b29-20+;. The zero-order valence-corrected chi connectivity index (χ0v) is 24.7. The van der Waals surface area contributed by atoms with Gasteiger partial charge in [0.2, 0.25) is 5.88 Å². The van der Waals surface area contributed by atoms with Crippen LogP contribution in [0.1, 0.15) is 64.0 Å². The third-order valence-corrected chi connectivity index (χ3v) is 6.75. The summed E-state index contributed by atoms with van der Waals surface area (Å²) in [6.45, 7) is 19.4. The molecule has 4 rings (SSSR count). The Hall–Kier alpha value is -3.17. The molecule has 1 aliphatic rings. The van der Waals surface area contributed by atoms with Gasteiger partial charge in [0.25, 0.3) is 0 Å². The Morgan fingerprint density at radius 3 is 2.64 bits per heavy atom. The molecule has 1 aliphatic heterocycles.